The molecule has 1 fully saturated rings. The number of anilines is 1. The van der Waals surface area contributed by atoms with Gasteiger partial charge in [0.1, 0.15) is 5.71 Å². The molecule has 3 rings (SSSR count). The van der Waals surface area contributed by atoms with E-state index in [0.29, 0.717) is 12.1 Å². The largest absolute Gasteiger partial charge is 0.344 e. The summed E-state index contributed by atoms with van der Waals surface area (Å²) in [5, 5.41) is 10.9. The van der Waals surface area contributed by atoms with Crippen LogP contribution < -0.4 is 10.6 Å². The summed E-state index contributed by atoms with van der Waals surface area (Å²) in [5.74, 6) is -0.946. The quantitative estimate of drug-likeness (QED) is 0.735. The van der Waals surface area contributed by atoms with Gasteiger partial charge in [-0.2, -0.15) is 5.10 Å². The highest BCUT2D eigenvalue weighted by molar-refractivity contribution is 7.91. The molecule has 9 nitrogen and oxygen atoms in total. The maximum absolute atomic E-state index is 12.7. The normalized spacial score (nSPS) is 22.0. The van der Waals surface area contributed by atoms with Crippen LogP contribution in [-0.4, -0.2) is 54.4 Å². The molecule has 1 aromatic carbocycles. The second kappa shape index (κ2) is 8.32. The maximum atomic E-state index is 12.7. The molecule has 2 aliphatic heterocycles. The van der Waals surface area contributed by atoms with Crippen molar-refractivity contribution in [1.82, 2.24) is 10.3 Å². The van der Waals surface area contributed by atoms with Crippen LogP contribution in [0.15, 0.2) is 29.4 Å². The first-order valence-electron chi connectivity index (χ1n) is 9.43. The number of rotatable bonds is 5. The fourth-order valence-electron chi connectivity index (χ4n) is 3.44. The topological polar surface area (TPSA) is 125 Å². The van der Waals surface area contributed by atoms with Crippen molar-refractivity contribution >= 4 is 39.0 Å². The number of hydrazone groups is 1. The second-order valence-electron chi connectivity index (χ2n) is 7.34. The van der Waals surface area contributed by atoms with Gasteiger partial charge in [0.15, 0.2) is 9.84 Å². The van der Waals surface area contributed by atoms with Gasteiger partial charge in [0.2, 0.25) is 11.8 Å². The van der Waals surface area contributed by atoms with Gasteiger partial charge in [-0.25, -0.2) is 13.4 Å². The van der Waals surface area contributed by atoms with E-state index in [2.05, 4.69) is 15.7 Å². The van der Waals surface area contributed by atoms with Crippen molar-refractivity contribution in [3.05, 3.63) is 29.8 Å². The summed E-state index contributed by atoms with van der Waals surface area (Å²) >= 11 is 0. The van der Waals surface area contributed by atoms with Crippen LogP contribution in [0.2, 0.25) is 0 Å². The van der Waals surface area contributed by atoms with E-state index in [0.717, 1.165) is 5.56 Å². The van der Waals surface area contributed by atoms with Crippen LogP contribution in [0, 0.1) is 0 Å². The van der Waals surface area contributed by atoms with Gasteiger partial charge in [-0.05, 0) is 31.0 Å². The van der Waals surface area contributed by atoms with Crippen LogP contribution in [0.5, 0.6) is 0 Å². The van der Waals surface area contributed by atoms with Crippen molar-refractivity contribution in [2.75, 3.05) is 16.8 Å². The van der Waals surface area contributed by atoms with Gasteiger partial charge in [0.05, 0.1) is 23.6 Å². The van der Waals surface area contributed by atoms with E-state index in [-0.39, 0.29) is 47.9 Å². The Morgan fingerprint density at radius 1 is 1.28 bits per heavy atom. The Bertz CT molecular complexity index is 973. The molecular formula is C19H24N4O5S. The lowest BCUT2D eigenvalue weighted by atomic mass is 10.1. The fourth-order valence-corrected chi connectivity index (χ4v) is 5.13. The highest BCUT2D eigenvalue weighted by atomic mass is 32.2. The molecule has 2 heterocycles. The summed E-state index contributed by atoms with van der Waals surface area (Å²) < 4.78 is 23.4. The molecule has 1 saturated heterocycles. The molecule has 0 radical (unpaired) electrons. The first-order valence-corrected chi connectivity index (χ1v) is 11.2. The van der Waals surface area contributed by atoms with Crippen LogP contribution in [0.1, 0.15) is 44.7 Å². The van der Waals surface area contributed by atoms with Crippen LogP contribution in [-0.2, 0) is 24.2 Å². The Morgan fingerprint density at radius 2 is 2.03 bits per heavy atom. The van der Waals surface area contributed by atoms with E-state index in [1.165, 1.54) is 11.9 Å². The maximum Gasteiger partial charge on any atom is 0.267 e. The van der Waals surface area contributed by atoms with Gasteiger partial charge >= 0.3 is 0 Å². The molecule has 2 aliphatic rings. The van der Waals surface area contributed by atoms with Crippen molar-refractivity contribution in [2.24, 2.45) is 5.10 Å². The summed E-state index contributed by atoms with van der Waals surface area (Å²) in [6.07, 6.45) is 0.660. The molecular weight excluding hydrogens is 396 g/mol. The van der Waals surface area contributed by atoms with Crippen LogP contribution in [0.25, 0.3) is 0 Å². The molecule has 0 bridgehead atoms. The lowest BCUT2D eigenvalue weighted by Gasteiger charge is -2.28. The fraction of sp³-hybridized carbons (Fsp3) is 0.474. The molecule has 0 aromatic heterocycles. The lowest BCUT2D eigenvalue weighted by Crippen LogP contribution is -2.44. The molecule has 2 N–H and O–H groups in total. The molecule has 1 aromatic rings. The Hall–Kier alpha value is -2.75. The zero-order valence-electron chi connectivity index (χ0n) is 16.3. The van der Waals surface area contributed by atoms with Gasteiger partial charge in [-0.3, -0.25) is 14.4 Å². The summed E-state index contributed by atoms with van der Waals surface area (Å²) in [6.45, 7) is 3.22. The number of benzene rings is 1. The summed E-state index contributed by atoms with van der Waals surface area (Å²) in [4.78, 5) is 36.1. The predicted molar refractivity (Wildman–Crippen MR) is 108 cm³/mol. The number of carbonyl (C=O) groups is 3. The SMILES string of the molecule is CC(=O)Nc1cccc(C(C)NC(=O)C2=NN(C3CCS(=O)(=O)C3)C(=O)CC2)c1. The molecule has 3 amide bonds. The van der Waals surface area contributed by atoms with Gasteiger partial charge in [-0.1, -0.05) is 12.1 Å². The number of amides is 3. The summed E-state index contributed by atoms with van der Waals surface area (Å²) in [6, 6.07) is 6.28. The van der Waals surface area contributed by atoms with Gasteiger partial charge < -0.3 is 10.6 Å². The zero-order valence-corrected chi connectivity index (χ0v) is 17.2. The van der Waals surface area contributed by atoms with E-state index >= 15 is 0 Å². The highest BCUT2D eigenvalue weighted by Gasteiger charge is 2.37. The minimum atomic E-state index is -3.17. The Labute approximate surface area is 169 Å². The van der Waals surface area contributed by atoms with Gasteiger partial charge in [-0.15, -0.1) is 0 Å². The zero-order chi connectivity index (χ0) is 21.2. The van der Waals surface area contributed by atoms with Gasteiger partial charge in [0, 0.05) is 25.5 Å². The Kier molecular flexibility index (Phi) is 6.02. The molecule has 29 heavy (non-hydrogen) atoms. The van der Waals surface area contributed by atoms with Crippen molar-refractivity contribution in [1.29, 1.82) is 0 Å². The second-order valence-corrected chi connectivity index (χ2v) is 9.57. The minimum absolute atomic E-state index is 0.0279. The van der Waals surface area contributed by atoms with Crippen LogP contribution in [0.3, 0.4) is 0 Å². The Balaban J connectivity index is 1.70. The lowest BCUT2D eigenvalue weighted by molar-refractivity contribution is -0.133. The van der Waals surface area contributed by atoms with Crippen LogP contribution >= 0.6 is 0 Å². The summed E-state index contributed by atoms with van der Waals surface area (Å²) in [5.41, 5.74) is 1.64. The molecule has 156 valence electrons. The standard InChI is InChI=1S/C19H24N4O5S/c1-12(14-4-3-5-15(10-14)21-13(2)24)20-19(26)17-6-7-18(25)23(22-17)16-8-9-29(27,28)11-16/h3-5,10,12,16H,6-9,11H2,1-2H3,(H,20,26)(H,21,24). The molecule has 0 saturated carbocycles. The van der Waals surface area contributed by atoms with Crippen molar-refractivity contribution < 1.29 is 22.8 Å². The number of carbonyl (C=O) groups excluding carboxylic acids is 3. The third-order valence-electron chi connectivity index (χ3n) is 4.93. The molecule has 2 atom stereocenters. The average molecular weight is 420 g/mol. The van der Waals surface area contributed by atoms with E-state index < -0.39 is 21.8 Å². The van der Waals surface area contributed by atoms with Gasteiger partial charge in [0.25, 0.3) is 5.91 Å². The number of hydrogen-bond acceptors (Lipinski definition) is 6. The monoisotopic (exact) mass is 420 g/mol. The molecule has 0 aliphatic carbocycles. The first-order chi connectivity index (χ1) is 13.6. The van der Waals surface area contributed by atoms with E-state index in [1.54, 1.807) is 25.1 Å². The predicted octanol–water partition coefficient (Wildman–Crippen LogP) is 0.988. The number of nitrogens with one attached hydrogen (secondary N) is 2. The number of nitrogens with zero attached hydrogens (tertiary/aromatic N) is 2. The minimum Gasteiger partial charge on any atom is -0.344 e. The van der Waals surface area contributed by atoms with Crippen LogP contribution in [0.4, 0.5) is 5.69 Å². The van der Waals surface area contributed by atoms with E-state index in [9.17, 15) is 22.8 Å². The smallest absolute Gasteiger partial charge is 0.267 e. The number of hydrogen-bond donors (Lipinski definition) is 2. The number of sulfone groups is 1. The Morgan fingerprint density at radius 3 is 2.69 bits per heavy atom. The highest BCUT2D eigenvalue weighted by Crippen LogP contribution is 2.23. The van der Waals surface area contributed by atoms with E-state index in [4.69, 9.17) is 0 Å². The molecule has 10 heteroatoms. The third-order valence-corrected chi connectivity index (χ3v) is 6.68. The van der Waals surface area contributed by atoms with Crippen molar-refractivity contribution in [3.8, 4) is 0 Å². The first kappa shape index (κ1) is 21.0. The van der Waals surface area contributed by atoms with Crippen molar-refractivity contribution in [2.45, 2.75) is 45.2 Å². The molecule has 0 spiro atoms. The third kappa shape index (κ3) is 5.20. The molecule has 2 unspecified atom stereocenters. The van der Waals surface area contributed by atoms with E-state index in [1.807, 2.05) is 6.07 Å². The summed E-state index contributed by atoms with van der Waals surface area (Å²) in [7, 11) is -3.17. The van der Waals surface area contributed by atoms with Crippen molar-refractivity contribution in [3.63, 3.8) is 0 Å². The average Bonchev–Trinajstić information content (AvgIpc) is 3.01.